The van der Waals surface area contributed by atoms with E-state index in [0.717, 1.165) is 17.9 Å². The molecule has 0 aliphatic heterocycles. The molecule has 76 valence electrons. The second-order valence-electron chi connectivity index (χ2n) is 4.61. The van der Waals surface area contributed by atoms with Gasteiger partial charge in [-0.15, -0.1) is 0 Å². The number of aromatic nitrogens is 2. The van der Waals surface area contributed by atoms with Gasteiger partial charge in [0.05, 0.1) is 0 Å². The van der Waals surface area contributed by atoms with Gasteiger partial charge in [-0.1, -0.05) is 6.92 Å². The third kappa shape index (κ3) is 1.93. The fraction of sp³-hybridized carbons (Fsp3) is 0.636. The summed E-state index contributed by atoms with van der Waals surface area (Å²) in [4.78, 5) is 8.88. The van der Waals surface area contributed by atoms with Gasteiger partial charge in [0.25, 0.3) is 0 Å². The molecule has 2 rings (SSSR count). The molecule has 1 aromatic rings. The van der Waals surface area contributed by atoms with Crippen LogP contribution in [0.2, 0.25) is 0 Å². The molecule has 1 fully saturated rings. The zero-order valence-electron chi connectivity index (χ0n) is 8.83. The third-order valence-electron chi connectivity index (χ3n) is 2.78. The van der Waals surface area contributed by atoms with Crippen LogP contribution in [-0.4, -0.2) is 16.0 Å². The van der Waals surface area contributed by atoms with Crippen molar-refractivity contribution < 1.29 is 0 Å². The van der Waals surface area contributed by atoms with E-state index in [1.807, 2.05) is 19.2 Å². The van der Waals surface area contributed by atoms with Crippen molar-refractivity contribution in [3.05, 3.63) is 23.8 Å². The highest BCUT2D eigenvalue weighted by Crippen LogP contribution is 2.45. The summed E-state index contributed by atoms with van der Waals surface area (Å²) in [6.45, 7) is 4.22. The second-order valence-corrected chi connectivity index (χ2v) is 4.61. The van der Waals surface area contributed by atoms with Crippen molar-refractivity contribution >= 4 is 0 Å². The number of hydrogen-bond donors (Lipinski definition) is 1. The first-order valence-electron chi connectivity index (χ1n) is 5.18. The molecular weight excluding hydrogens is 174 g/mol. The molecule has 0 aromatic carbocycles. The van der Waals surface area contributed by atoms with E-state index in [1.165, 1.54) is 12.8 Å². The summed E-state index contributed by atoms with van der Waals surface area (Å²) in [5.41, 5.74) is 7.06. The highest BCUT2D eigenvalue weighted by atomic mass is 14.9. The van der Waals surface area contributed by atoms with E-state index in [-0.39, 0.29) is 11.5 Å². The SMILES string of the molecule is CC(N)Cc1ccnc(C2(C)CC2)n1. The lowest BCUT2D eigenvalue weighted by molar-refractivity contribution is 0.670. The Balaban J connectivity index is 2.19. The molecule has 0 saturated heterocycles. The topological polar surface area (TPSA) is 51.8 Å². The van der Waals surface area contributed by atoms with E-state index in [4.69, 9.17) is 5.73 Å². The summed E-state index contributed by atoms with van der Waals surface area (Å²) in [5, 5.41) is 0. The molecule has 1 aliphatic carbocycles. The average molecular weight is 191 g/mol. The van der Waals surface area contributed by atoms with Crippen molar-refractivity contribution in [2.75, 3.05) is 0 Å². The molecule has 1 aromatic heterocycles. The van der Waals surface area contributed by atoms with Crippen LogP contribution in [0.3, 0.4) is 0 Å². The molecule has 3 heteroatoms. The fourth-order valence-electron chi connectivity index (χ4n) is 1.54. The molecule has 3 nitrogen and oxygen atoms in total. The summed E-state index contributed by atoms with van der Waals surface area (Å²) >= 11 is 0. The Morgan fingerprint density at radius 3 is 2.86 bits per heavy atom. The van der Waals surface area contributed by atoms with Crippen LogP contribution in [-0.2, 0) is 11.8 Å². The Morgan fingerprint density at radius 1 is 1.57 bits per heavy atom. The van der Waals surface area contributed by atoms with Crippen LogP contribution >= 0.6 is 0 Å². The molecular formula is C11H17N3. The molecule has 0 spiro atoms. The Bertz CT molecular complexity index is 329. The highest BCUT2D eigenvalue weighted by Gasteiger charge is 2.41. The standard InChI is InChI=1S/C11H17N3/c1-8(12)7-9-3-6-13-10(14-9)11(2)4-5-11/h3,6,8H,4-5,7,12H2,1-2H3. The van der Waals surface area contributed by atoms with Gasteiger partial charge >= 0.3 is 0 Å². The molecule has 1 atom stereocenters. The minimum absolute atomic E-state index is 0.171. The number of nitrogens with two attached hydrogens (primary N) is 1. The van der Waals surface area contributed by atoms with Crippen molar-refractivity contribution in [2.24, 2.45) is 5.73 Å². The molecule has 1 unspecified atom stereocenters. The smallest absolute Gasteiger partial charge is 0.134 e. The van der Waals surface area contributed by atoms with Crippen molar-refractivity contribution in [1.29, 1.82) is 0 Å². The molecule has 0 radical (unpaired) electrons. The first-order valence-corrected chi connectivity index (χ1v) is 5.18. The van der Waals surface area contributed by atoms with E-state index in [1.54, 1.807) is 0 Å². The lowest BCUT2D eigenvalue weighted by Gasteiger charge is -2.09. The van der Waals surface area contributed by atoms with Gasteiger partial charge in [-0.25, -0.2) is 9.97 Å². The maximum absolute atomic E-state index is 5.74. The second kappa shape index (κ2) is 3.31. The number of hydrogen-bond acceptors (Lipinski definition) is 3. The van der Waals surface area contributed by atoms with Gasteiger partial charge in [-0.3, -0.25) is 0 Å². The predicted octanol–water partition coefficient (Wildman–Crippen LogP) is 1.42. The first-order chi connectivity index (χ1) is 6.60. The molecule has 14 heavy (non-hydrogen) atoms. The van der Waals surface area contributed by atoms with E-state index >= 15 is 0 Å². The first kappa shape index (κ1) is 9.59. The van der Waals surface area contributed by atoms with Gasteiger partial charge < -0.3 is 5.73 Å². The van der Waals surface area contributed by atoms with Gasteiger partial charge in [0.1, 0.15) is 5.82 Å². The van der Waals surface area contributed by atoms with Crippen molar-refractivity contribution in [2.45, 2.75) is 44.6 Å². The molecule has 0 bridgehead atoms. The lowest BCUT2D eigenvalue weighted by atomic mass is 10.1. The third-order valence-corrected chi connectivity index (χ3v) is 2.78. The average Bonchev–Trinajstić information content (AvgIpc) is 2.84. The van der Waals surface area contributed by atoms with Gasteiger partial charge in [0.2, 0.25) is 0 Å². The summed E-state index contributed by atoms with van der Waals surface area (Å²) < 4.78 is 0. The lowest BCUT2D eigenvalue weighted by Crippen LogP contribution is -2.19. The van der Waals surface area contributed by atoms with E-state index in [2.05, 4.69) is 16.9 Å². The van der Waals surface area contributed by atoms with Crippen LogP contribution in [0, 0.1) is 0 Å². The van der Waals surface area contributed by atoms with Gasteiger partial charge in [0.15, 0.2) is 0 Å². The minimum atomic E-state index is 0.171. The summed E-state index contributed by atoms with van der Waals surface area (Å²) in [6, 6.07) is 2.13. The largest absolute Gasteiger partial charge is 0.328 e. The van der Waals surface area contributed by atoms with E-state index in [0.29, 0.717) is 0 Å². The van der Waals surface area contributed by atoms with Crippen LogP contribution in [0.5, 0.6) is 0 Å². The zero-order valence-corrected chi connectivity index (χ0v) is 8.83. The van der Waals surface area contributed by atoms with Crippen molar-refractivity contribution in [1.82, 2.24) is 9.97 Å². The Morgan fingerprint density at radius 2 is 2.29 bits per heavy atom. The van der Waals surface area contributed by atoms with Crippen molar-refractivity contribution in [3.8, 4) is 0 Å². The molecule has 2 N–H and O–H groups in total. The molecule has 1 heterocycles. The summed E-state index contributed by atoms with van der Waals surface area (Å²) in [5.74, 6) is 0.996. The number of nitrogens with zero attached hydrogens (tertiary/aromatic N) is 2. The van der Waals surface area contributed by atoms with Gasteiger partial charge in [0, 0.05) is 29.8 Å². The van der Waals surface area contributed by atoms with Crippen LogP contribution in [0.1, 0.15) is 38.2 Å². The quantitative estimate of drug-likeness (QED) is 0.786. The molecule has 0 amide bonds. The maximum Gasteiger partial charge on any atom is 0.134 e. The minimum Gasteiger partial charge on any atom is -0.328 e. The fourth-order valence-corrected chi connectivity index (χ4v) is 1.54. The van der Waals surface area contributed by atoms with Gasteiger partial charge in [-0.05, 0) is 25.8 Å². The van der Waals surface area contributed by atoms with Crippen LogP contribution in [0.15, 0.2) is 12.3 Å². The van der Waals surface area contributed by atoms with E-state index < -0.39 is 0 Å². The monoisotopic (exact) mass is 191 g/mol. The van der Waals surface area contributed by atoms with Crippen LogP contribution < -0.4 is 5.73 Å². The molecule has 1 aliphatic rings. The van der Waals surface area contributed by atoms with Crippen LogP contribution in [0.25, 0.3) is 0 Å². The summed E-state index contributed by atoms with van der Waals surface area (Å²) in [6.07, 6.45) is 5.12. The zero-order chi connectivity index (χ0) is 10.2. The summed E-state index contributed by atoms with van der Waals surface area (Å²) in [7, 11) is 0. The molecule has 1 saturated carbocycles. The van der Waals surface area contributed by atoms with Crippen molar-refractivity contribution in [3.63, 3.8) is 0 Å². The maximum atomic E-state index is 5.74. The predicted molar refractivity (Wildman–Crippen MR) is 56.0 cm³/mol. The highest BCUT2D eigenvalue weighted by molar-refractivity contribution is 5.17. The Hall–Kier alpha value is -0.960. The Kier molecular flexibility index (Phi) is 2.27. The van der Waals surface area contributed by atoms with Crippen LogP contribution in [0.4, 0.5) is 0 Å². The number of rotatable bonds is 3. The normalized spacial score (nSPS) is 20.5. The Labute approximate surface area is 84.8 Å². The van der Waals surface area contributed by atoms with E-state index in [9.17, 15) is 0 Å². The van der Waals surface area contributed by atoms with Gasteiger partial charge in [-0.2, -0.15) is 0 Å².